The summed E-state index contributed by atoms with van der Waals surface area (Å²) in [5.41, 5.74) is 5.26. The van der Waals surface area contributed by atoms with Gasteiger partial charge in [0.25, 0.3) is 5.91 Å². The smallest absolute Gasteiger partial charge is 0.265 e. The number of halogens is 2. The zero-order chi connectivity index (χ0) is 15.1. The SMILES string of the molecule is NC(=O)C1CCN(C(=O)c2sc3cc(F)ccc3c2Cl)C1. The third kappa shape index (κ3) is 2.49. The van der Waals surface area contributed by atoms with Crippen LogP contribution in [-0.2, 0) is 4.79 Å². The number of nitrogens with two attached hydrogens (primary N) is 1. The molecule has 2 amide bonds. The van der Waals surface area contributed by atoms with Gasteiger partial charge in [-0.3, -0.25) is 9.59 Å². The maximum Gasteiger partial charge on any atom is 0.265 e. The van der Waals surface area contributed by atoms with E-state index in [0.717, 1.165) is 11.3 Å². The highest BCUT2D eigenvalue weighted by atomic mass is 35.5. The third-order valence-electron chi connectivity index (χ3n) is 3.66. The topological polar surface area (TPSA) is 63.4 Å². The van der Waals surface area contributed by atoms with Gasteiger partial charge in [-0.2, -0.15) is 0 Å². The van der Waals surface area contributed by atoms with Crippen LogP contribution < -0.4 is 5.73 Å². The lowest BCUT2D eigenvalue weighted by molar-refractivity contribution is -0.121. The molecule has 1 fully saturated rings. The summed E-state index contributed by atoms with van der Waals surface area (Å²) in [6.45, 7) is 0.790. The predicted molar refractivity (Wildman–Crippen MR) is 80.0 cm³/mol. The van der Waals surface area contributed by atoms with Crippen molar-refractivity contribution in [1.29, 1.82) is 0 Å². The van der Waals surface area contributed by atoms with Crippen molar-refractivity contribution >= 4 is 44.8 Å². The number of amides is 2. The quantitative estimate of drug-likeness (QED) is 0.922. The van der Waals surface area contributed by atoms with Crippen LogP contribution in [0.15, 0.2) is 18.2 Å². The predicted octanol–water partition coefficient (Wildman–Crippen LogP) is 2.64. The van der Waals surface area contributed by atoms with Crippen LogP contribution in [0.2, 0.25) is 5.02 Å². The fourth-order valence-electron chi connectivity index (χ4n) is 2.50. The first-order valence-electron chi connectivity index (χ1n) is 6.43. The largest absolute Gasteiger partial charge is 0.369 e. The summed E-state index contributed by atoms with van der Waals surface area (Å²) in [6, 6.07) is 4.24. The van der Waals surface area contributed by atoms with Crippen molar-refractivity contribution in [3.8, 4) is 0 Å². The first kappa shape index (κ1) is 14.3. The van der Waals surface area contributed by atoms with Crippen LogP contribution in [0.4, 0.5) is 4.39 Å². The number of carbonyl (C=O) groups excluding carboxylic acids is 2. The van der Waals surface area contributed by atoms with Crippen LogP contribution in [0.5, 0.6) is 0 Å². The van der Waals surface area contributed by atoms with E-state index < -0.39 is 5.91 Å². The molecule has 1 atom stereocenters. The molecule has 2 aromatic rings. The van der Waals surface area contributed by atoms with Gasteiger partial charge >= 0.3 is 0 Å². The molecule has 0 bridgehead atoms. The maximum absolute atomic E-state index is 13.2. The fourth-order valence-corrected chi connectivity index (χ4v) is 4.00. The lowest BCUT2D eigenvalue weighted by atomic mass is 10.1. The van der Waals surface area contributed by atoms with Crippen LogP contribution in [0, 0.1) is 11.7 Å². The average molecular weight is 327 g/mol. The van der Waals surface area contributed by atoms with Crippen LogP contribution >= 0.6 is 22.9 Å². The second-order valence-corrected chi connectivity index (χ2v) is 6.45. The molecule has 4 nitrogen and oxygen atoms in total. The minimum Gasteiger partial charge on any atom is -0.369 e. The van der Waals surface area contributed by atoms with E-state index in [0.29, 0.717) is 39.5 Å². The molecular formula is C14H12ClFN2O2S. The highest BCUT2D eigenvalue weighted by Gasteiger charge is 2.32. The van der Waals surface area contributed by atoms with Crippen molar-refractivity contribution in [3.63, 3.8) is 0 Å². The van der Waals surface area contributed by atoms with E-state index in [1.165, 1.54) is 12.1 Å². The summed E-state index contributed by atoms with van der Waals surface area (Å²) in [5, 5.41) is 1.000. The Balaban J connectivity index is 1.92. The number of hydrogen-bond acceptors (Lipinski definition) is 3. The number of carbonyl (C=O) groups is 2. The molecular weight excluding hydrogens is 315 g/mol. The van der Waals surface area contributed by atoms with E-state index in [9.17, 15) is 14.0 Å². The number of primary amides is 1. The third-order valence-corrected chi connectivity index (χ3v) is 5.31. The van der Waals surface area contributed by atoms with Gasteiger partial charge in [-0.15, -0.1) is 11.3 Å². The van der Waals surface area contributed by atoms with Gasteiger partial charge in [0.1, 0.15) is 10.7 Å². The molecule has 1 saturated heterocycles. The zero-order valence-corrected chi connectivity index (χ0v) is 12.5. The first-order chi connectivity index (χ1) is 9.97. The Morgan fingerprint density at radius 1 is 1.43 bits per heavy atom. The van der Waals surface area contributed by atoms with Crippen LogP contribution in [0.3, 0.4) is 0 Å². The maximum atomic E-state index is 13.2. The highest BCUT2D eigenvalue weighted by Crippen LogP contribution is 2.37. The Kier molecular flexibility index (Phi) is 3.59. The van der Waals surface area contributed by atoms with Gasteiger partial charge in [0, 0.05) is 23.2 Å². The number of fused-ring (bicyclic) bond motifs is 1. The Bertz CT molecular complexity index is 746. The van der Waals surface area contributed by atoms with E-state index in [-0.39, 0.29) is 17.6 Å². The van der Waals surface area contributed by atoms with Gasteiger partial charge in [0.05, 0.1) is 10.9 Å². The van der Waals surface area contributed by atoms with Crippen LogP contribution in [0.25, 0.3) is 10.1 Å². The number of likely N-dealkylation sites (tertiary alicyclic amines) is 1. The summed E-state index contributed by atoms with van der Waals surface area (Å²) >= 11 is 7.39. The van der Waals surface area contributed by atoms with Gasteiger partial charge < -0.3 is 10.6 Å². The summed E-state index contributed by atoms with van der Waals surface area (Å²) in [6.07, 6.45) is 0.568. The van der Waals surface area contributed by atoms with Crippen molar-refractivity contribution in [2.75, 3.05) is 13.1 Å². The van der Waals surface area contributed by atoms with E-state index in [4.69, 9.17) is 17.3 Å². The second kappa shape index (κ2) is 5.27. The monoisotopic (exact) mass is 326 g/mol. The van der Waals surface area contributed by atoms with Gasteiger partial charge in [-0.25, -0.2) is 4.39 Å². The number of hydrogen-bond donors (Lipinski definition) is 1. The zero-order valence-electron chi connectivity index (χ0n) is 10.9. The molecule has 2 heterocycles. The number of nitrogens with zero attached hydrogens (tertiary/aromatic N) is 1. The molecule has 3 rings (SSSR count). The Morgan fingerprint density at radius 3 is 2.86 bits per heavy atom. The van der Waals surface area contributed by atoms with Gasteiger partial charge in [-0.05, 0) is 24.6 Å². The summed E-state index contributed by atoms with van der Waals surface area (Å²) in [4.78, 5) is 25.6. The van der Waals surface area contributed by atoms with Gasteiger partial charge in [0.15, 0.2) is 0 Å². The standard InChI is InChI=1S/C14H12ClFN2O2S/c15-11-9-2-1-8(16)5-10(9)21-12(11)14(20)18-4-3-7(6-18)13(17)19/h1-2,5,7H,3-4,6H2,(H2,17,19). The molecule has 0 radical (unpaired) electrons. The molecule has 0 aliphatic carbocycles. The highest BCUT2D eigenvalue weighted by molar-refractivity contribution is 7.21. The average Bonchev–Trinajstić information content (AvgIpc) is 3.03. The van der Waals surface area contributed by atoms with Crippen LogP contribution in [0.1, 0.15) is 16.1 Å². The minimum absolute atomic E-state index is 0.231. The number of benzene rings is 1. The van der Waals surface area contributed by atoms with E-state index in [2.05, 4.69) is 0 Å². The molecule has 0 spiro atoms. The molecule has 2 N–H and O–H groups in total. The molecule has 1 unspecified atom stereocenters. The number of rotatable bonds is 2. The first-order valence-corrected chi connectivity index (χ1v) is 7.63. The Labute approximate surface area is 129 Å². The summed E-state index contributed by atoms with van der Waals surface area (Å²) in [7, 11) is 0. The molecule has 1 aromatic carbocycles. The molecule has 110 valence electrons. The molecule has 0 saturated carbocycles. The summed E-state index contributed by atoms with van der Waals surface area (Å²) < 4.78 is 13.9. The Morgan fingerprint density at radius 2 is 2.19 bits per heavy atom. The van der Waals surface area contributed by atoms with Crippen molar-refractivity contribution in [2.24, 2.45) is 11.7 Å². The fraction of sp³-hybridized carbons (Fsp3) is 0.286. The molecule has 7 heteroatoms. The minimum atomic E-state index is -0.394. The van der Waals surface area contributed by atoms with Crippen molar-refractivity contribution in [2.45, 2.75) is 6.42 Å². The lowest BCUT2D eigenvalue weighted by Gasteiger charge is -2.14. The lowest BCUT2D eigenvalue weighted by Crippen LogP contribution is -2.31. The molecule has 1 aromatic heterocycles. The number of thiophene rings is 1. The normalized spacial score (nSPS) is 18.4. The van der Waals surface area contributed by atoms with E-state index >= 15 is 0 Å². The van der Waals surface area contributed by atoms with Gasteiger partial charge in [-0.1, -0.05) is 11.6 Å². The second-order valence-electron chi connectivity index (χ2n) is 5.02. The van der Waals surface area contributed by atoms with Crippen molar-refractivity contribution < 1.29 is 14.0 Å². The Hall–Kier alpha value is -1.66. The summed E-state index contributed by atoms with van der Waals surface area (Å²) in [5.74, 6) is -1.30. The van der Waals surface area contributed by atoms with E-state index in [1.807, 2.05) is 0 Å². The van der Waals surface area contributed by atoms with E-state index in [1.54, 1.807) is 11.0 Å². The molecule has 1 aliphatic rings. The molecule has 1 aliphatic heterocycles. The van der Waals surface area contributed by atoms with Crippen LogP contribution in [-0.4, -0.2) is 29.8 Å². The van der Waals surface area contributed by atoms with Gasteiger partial charge in [0.2, 0.25) is 5.91 Å². The van der Waals surface area contributed by atoms with Crippen molar-refractivity contribution in [1.82, 2.24) is 4.90 Å². The van der Waals surface area contributed by atoms with Crippen molar-refractivity contribution in [3.05, 3.63) is 33.9 Å². The molecule has 21 heavy (non-hydrogen) atoms.